The Bertz CT molecular complexity index is 579. The molecule has 5 heteroatoms. The summed E-state index contributed by atoms with van der Waals surface area (Å²) < 4.78 is 1.02. The number of fused-ring (bicyclic) bond motifs is 1. The molecule has 0 aliphatic rings. The number of hydrogen-bond acceptors (Lipinski definition) is 4. The van der Waals surface area contributed by atoms with Crippen LogP contribution in [0.5, 0.6) is 0 Å². The molecule has 0 aliphatic carbocycles. The minimum Gasteiger partial charge on any atom is -0.301 e. The van der Waals surface area contributed by atoms with E-state index in [9.17, 15) is 4.79 Å². The van der Waals surface area contributed by atoms with Crippen LogP contribution in [0.3, 0.4) is 0 Å². The molecule has 1 amide bonds. The standard InChI is InChI=1S/C13H13N3OS/c1-8(2)9(7-14)12(17)16-13-15-10-5-3-4-6-11(10)18-13/h3-6,8-9H,1-2H3,(H,15,16,17). The fourth-order valence-corrected chi connectivity index (χ4v) is 2.49. The summed E-state index contributed by atoms with van der Waals surface area (Å²) in [6.45, 7) is 3.71. The van der Waals surface area contributed by atoms with Gasteiger partial charge in [0.1, 0.15) is 5.92 Å². The molecule has 0 spiro atoms. The average molecular weight is 259 g/mol. The van der Waals surface area contributed by atoms with E-state index in [1.807, 2.05) is 44.2 Å². The highest BCUT2D eigenvalue weighted by Gasteiger charge is 2.22. The molecule has 18 heavy (non-hydrogen) atoms. The van der Waals surface area contributed by atoms with Gasteiger partial charge in [-0.3, -0.25) is 4.79 Å². The summed E-state index contributed by atoms with van der Waals surface area (Å²) in [5.74, 6) is -0.937. The molecule has 0 bridgehead atoms. The molecule has 0 saturated carbocycles. The van der Waals surface area contributed by atoms with Crippen molar-refractivity contribution >= 4 is 32.6 Å². The van der Waals surface area contributed by atoms with Crippen molar-refractivity contribution in [1.29, 1.82) is 5.26 Å². The maximum atomic E-state index is 11.9. The van der Waals surface area contributed by atoms with Crippen molar-refractivity contribution in [2.45, 2.75) is 13.8 Å². The Morgan fingerprint density at radius 1 is 1.44 bits per heavy atom. The van der Waals surface area contributed by atoms with Crippen LogP contribution in [0.1, 0.15) is 13.8 Å². The highest BCUT2D eigenvalue weighted by atomic mass is 32.1. The number of aromatic nitrogens is 1. The zero-order valence-electron chi connectivity index (χ0n) is 10.2. The quantitative estimate of drug-likeness (QED) is 0.921. The van der Waals surface area contributed by atoms with E-state index in [1.165, 1.54) is 11.3 Å². The molecule has 1 heterocycles. The molecule has 92 valence electrons. The van der Waals surface area contributed by atoms with Gasteiger partial charge < -0.3 is 5.32 Å². The average Bonchev–Trinajstić information content (AvgIpc) is 2.71. The second kappa shape index (κ2) is 5.15. The minimum absolute atomic E-state index is 0.00983. The Morgan fingerprint density at radius 3 is 2.78 bits per heavy atom. The number of para-hydroxylation sites is 1. The summed E-state index contributed by atoms with van der Waals surface area (Å²) in [4.78, 5) is 16.2. The zero-order chi connectivity index (χ0) is 13.1. The number of benzene rings is 1. The van der Waals surface area contributed by atoms with Gasteiger partial charge in [0.15, 0.2) is 5.13 Å². The van der Waals surface area contributed by atoms with Gasteiger partial charge in [-0.05, 0) is 18.1 Å². The number of amides is 1. The van der Waals surface area contributed by atoms with Gasteiger partial charge in [-0.1, -0.05) is 37.3 Å². The molecule has 0 fully saturated rings. The molecule has 1 N–H and O–H groups in total. The Balaban J connectivity index is 2.19. The molecule has 2 aromatic rings. The predicted molar refractivity (Wildman–Crippen MR) is 72.2 cm³/mol. The number of carbonyl (C=O) groups is 1. The maximum Gasteiger partial charge on any atom is 0.243 e. The summed E-state index contributed by atoms with van der Waals surface area (Å²) in [6.07, 6.45) is 0. The van der Waals surface area contributed by atoms with E-state index < -0.39 is 5.92 Å². The van der Waals surface area contributed by atoms with Gasteiger partial charge in [-0.2, -0.15) is 5.26 Å². The SMILES string of the molecule is CC(C)C(C#N)C(=O)Nc1nc2ccccc2s1. The van der Waals surface area contributed by atoms with E-state index in [1.54, 1.807) is 0 Å². The monoisotopic (exact) mass is 259 g/mol. The highest BCUT2D eigenvalue weighted by Crippen LogP contribution is 2.26. The third kappa shape index (κ3) is 2.49. The Hall–Kier alpha value is -1.93. The molecule has 0 saturated heterocycles. The minimum atomic E-state index is -0.642. The van der Waals surface area contributed by atoms with Crippen LogP contribution in [-0.4, -0.2) is 10.9 Å². The summed E-state index contributed by atoms with van der Waals surface area (Å²) >= 11 is 1.41. The van der Waals surface area contributed by atoms with Crippen molar-refractivity contribution in [3.63, 3.8) is 0 Å². The number of hydrogen-bond donors (Lipinski definition) is 1. The lowest BCUT2D eigenvalue weighted by atomic mass is 9.97. The Labute approximate surface area is 109 Å². The fourth-order valence-electron chi connectivity index (χ4n) is 1.62. The Kier molecular flexibility index (Phi) is 3.58. The molecule has 0 aliphatic heterocycles. The number of anilines is 1. The first-order chi connectivity index (χ1) is 8.61. The van der Waals surface area contributed by atoms with Gasteiger partial charge in [0.25, 0.3) is 0 Å². The molecule has 0 radical (unpaired) electrons. The summed E-state index contributed by atoms with van der Waals surface area (Å²) in [5.41, 5.74) is 0.857. The maximum absolute atomic E-state index is 11.9. The number of thiazole rings is 1. The fraction of sp³-hybridized carbons (Fsp3) is 0.308. The number of carbonyl (C=O) groups excluding carboxylic acids is 1. The van der Waals surface area contributed by atoms with Crippen LogP contribution >= 0.6 is 11.3 Å². The molecular formula is C13H13N3OS. The number of nitrogens with one attached hydrogen (secondary N) is 1. The van der Waals surface area contributed by atoms with Crippen LogP contribution in [0.4, 0.5) is 5.13 Å². The zero-order valence-corrected chi connectivity index (χ0v) is 11.0. The van der Waals surface area contributed by atoms with E-state index in [4.69, 9.17) is 5.26 Å². The van der Waals surface area contributed by atoms with Crippen molar-refractivity contribution in [2.24, 2.45) is 11.8 Å². The van der Waals surface area contributed by atoms with Crippen LogP contribution in [0.25, 0.3) is 10.2 Å². The summed E-state index contributed by atoms with van der Waals surface area (Å²) in [5, 5.41) is 12.2. The van der Waals surface area contributed by atoms with E-state index in [2.05, 4.69) is 10.3 Å². The molecular weight excluding hydrogens is 246 g/mol. The van der Waals surface area contributed by atoms with E-state index in [0.717, 1.165) is 10.2 Å². The van der Waals surface area contributed by atoms with Crippen molar-refractivity contribution in [1.82, 2.24) is 4.98 Å². The Morgan fingerprint density at radius 2 is 2.17 bits per heavy atom. The van der Waals surface area contributed by atoms with Crippen molar-refractivity contribution in [2.75, 3.05) is 5.32 Å². The van der Waals surface area contributed by atoms with Gasteiger partial charge in [0, 0.05) is 0 Å². The van der Waals surface area contributed by atoms with Gasteiger partial charge >= 0.3 is 0 Å². The van der Waals surface area contributed by atoms with Gasteiger partial charge in [0.05, 0.1) is 16.3 Å². The van der Waals surface area contributed by atoms with Crippen molar-refractivity contribution in [3.8, 4) is 6.07 Å². The van der Waals surface area contributed by atoms with Gasteiger partial charge in [-0.25, -0.2) is 4.98 Å². The first-order valence-corrected chi connectivity index (χ1v) is 6.49. The normalized spacial score (nSPS) is 12.3. The van der Waals surface area contributed by atoms with Crippen LogP contribution in [0, 0.1) is 23.2 Å². The van der Waals surface area contributed by atoms with Gasteiger partial charge in [-0.15, -0.1) is 0 Å². The molecule has 1 aromatic heterocycles. The molecule has 1 atom stereocenters. The van der Waals surface area contributed by atoms with Crippen LogP contribution in [0.2, 0.25) is 0 Å². The van der Waals surface area contributed by atoms with Crippen LogP contribution < -0.4 is 5.32 Å². The second-order valence-electron chi connectivity index (χ2n) is 4.33. The van der Waals surface area contributed by atoms with Crippen molar-refractivity contribution < 1.29 is 4.79 Å². The van der Waals surface area contributed by atoms with E-state index in [-0.39, 0.29) is 11.8 Å². The van der Waals surface area contributed by atoms with Gasteiger partial charge in [0.2, 0.25) is 5.91 Å². The lowest BCUT2D eigenvalue weighted by Crippen LogP contribution is -2.25. The van der Waals surface area contributed by atoms with E-state index >= 15 is 0 Å². The molecule has 1 unspecified atom stereocenters. The van der Waals surface area contributed by atoms with E-state index in [0.29, 0.717) is 5.13 Å². The molecule has 1 aromatic carbocycles. The molecule has 4 nitrogen and oxygen atoms in total. The first kappa shape index (κ1) is 12.5. The lowest BCUT2D eigenvalue weighted by molar-refractivity contribution is -0.119. The number of nitrogens with zero attached hydrogens (tertiary/aromatic N) is 2. The number of rotatable bonds is 3. The number of nitriles is 1. The third-order valence-corrected chi connectivity index (χ3v) is 3.56. The first-order valence-electron chi connectivity index (χ1n) is 5.68. The lowest BCUT2D eigenvalue weighted by Gasteiger charge is -2.11. The summed E-state index contributed by atoms with van der Waals surface area (Å²) in [7, 11) is 0. The second-order valence-corrected chi connectivity index (χ2v) is 5.36. The predicted octanol–water partition coefficient (Wildman–Crippen LogP) is 3.03. The van der Waals surface area contributed by atoms with Crippen LogP contribution in [-0.2, 0) is 4.79 Å². The summed E-state index contributed by atoms with van der Waals surface area (Å²) in [6, 6.07) is 9.70. The highest BCUT2D eigenvalue weighted by molar-refractivity contribution is 7.22. The third-order valence-electron chi connectivity index (χ3n) is 2.61. The topological polar surface area (TPSA) is 65.8 Å². The van der Waals surface area contributed by atoms with Crippen molar-refractivity contribution in [3.05, 3.63) is 24.3 Å². The van der Waals surface area contributed by atoms with Crippen LogP contribution in [0.15, 0.2) is 24.3 Å². The largest absolute Gasteiger partial charge is 0.301 e. The smallest absolute Gasteiger partial charge is 0.243 e. The molecule has 2 rings (SSSR count).